The number of carbonyl (C=O) groups excluding carboxylic acids is 4. The van der Waals surface area contributed by atoms with Gasteiger partial charge in [-0.15, -0.1) is 11.3 Å². The van der Waals surface area contributed by atoms with E-state index in [0.717, 1.165) is 26.1 Å². The van der Waals surface area contributed by atoms with Gasteiger partial charge in [-0.1, -0.05) is 23.3 Å². The molecule has 258 valence electrons. The number of ether oxygens (including phenoxy) is 2. The van der Waals surface area contributed by atoms with E-state index in [9.17, 15) is 19.5 Å². The van der Waals surface area contributed by atoms with E-state index in [0.29, 0.717) is 34.3 Å². The number of anilines is 1. The highest BCUT2D eigenvalue weighted by Crippen LogP contribution is 2.65. The number of nitrogens with zero attached hydrogens (tertiary/aromatic N) is 4. The fourth-order valence-corrected chi connectivity index (χ4v) is 10.4. The van der Waals surface area contributed by atoms with Crippen LogP contribution in [0.5, 0.6) is 17.2 Å². The van der Waals surface area contributed by atoms with Crippen molar-refractivity contribution in [3.63, 3.8) is 0 Å². The predicted molar refractivity (Wildman–Crippen MR) is 187 cm³/mol. The second-order valence-corrected chi connectivity index (χ2v) is 15.4. The molecule has 4 amide bonds. The summed E-state index contributed by atoms with van der Waals surface area (Å²) >= 11 is 7.85. The van der Waals surface area contributed by atoms with Crippen LogP contribution in [0, 0.1) is 36.0 Å². The predicted octanol–water partition coefficient (Wildman–Crippen LogP) is 5.85. The number of carbonyl (C=O) groups is 4. The van der Waals surface area contributed by atoms with Crippen LogP contribution in [0.1, 0.15) is 36.8 Å². The third kappa shape index (κ3) is 4.24. The molecule has 2 saturated heterocycles. The number of benzene rings is 2. The molecule has 4 aliphatic rings. The third-order valence-corrected chi connectivity index (χ3v) is 13.1. The van der Waals surface area contributed by atoms with Gasteiger partial charge in [-0.25, -0.2) is 4.90 Å². The Morgan fingerprint density at radius 3 is 2.48 bits per heavy atom. The first-order valence-corrected chi connectivity index (χ1v) is 17.6. The molecule has 0 unspecified atom stereocenters. The largest absolute Gasteiger partial charge is 0.507 e. The summed E-state index contributed by atoms with van der Waals surface area (Å²) in [6.07, 6.45) is 2.43. The second-order valence-electron chi connectivity index (χ2n) is 13.9. The van der Waals surface area contributed by atoms with Gasteiger partial charge in [0.25, 0.3) is 0 Å². The number of halogens is 1. The highest BCUT2D eigenvalue weighted by Gasteiger charge is 2.68. The number of fused-ring (bicyclic) bond motifs is 5. The molecule has 0 radical (unpaired) electrons. The van der Waals surface area contributed by atoms with Gasteiger partial charge in [0.15, 0.2) is 0 Å². The van der Waals surface area contributed by atoms with Crippen LogP contribution in [-0.2, 0) is 26.2 Å². The Labute approximate surface area is 297 Å². The number of likely N-dealkylation sites (tertiary alicyclic amines) is 1. The monoisotopic (exact) mass is 714 g/mol. The van der Waals surface area contributed by atoms with Crippen molar-refractivity contribution >= 4 is 62.5 Å². The van der Waals surface area contributed by atoms with Crippen LogP contribution in [0.4, 0.5) is 5.82 Å². The molecule has 13 heteroatoms. The van der Waals surface area contributed by atoms with Gasteiger partial charge in [0.05, 0.1) is 42.3 Å². The van der Waals surface area contributed by atoms with Crippen molar-refractivity contribution in [3.8, 4) is 27.8 Å². The zero-order valence-corrected chi connectivity index (χ0v) is 29.9. The number of aryl methyl sites for hydroxylation is 2. The van der Waals surface area contributed by atoms with Gasteiger partial charge in [-0.3, -0.25) is 28.8 Å². The zero-order chi connectivity index (χ0) is 35.5. The quantitative estimate of drug-likeness (QED) is 0.201. The third-order valence-electron chi connectivity index (χ3n) is 11.5. The van der Waals surface area contributed by atoms with Gasteiger partial charge in [0, 0.05) is 53.5 Å². The number of imide groups is 2. The molecule has 2 aromatic heterocycles. The lowest BCUT2D eigenvalue weighted by Crippen LogP contribution is -2.49. The van der Waals surface area contributed by atoms with Crippen molar-refractivity contribution < 1.29 is 33.8 Å². The van der Waals surface area contributed by atoms with E-state index in [1.165, 1.54) is 37.1 Å². The first-order chi connectivity index (χ1) is 23.8. The minimum absolute atomic E-state index is 0.164. The molecule has 4 heterocycles. The molecule has 2 aromatic carbocycles. The summed E-state index contributed by atoms with van der Waals surface area (Å²) in [7, 11) is 6.13. The normalized spacial score (nSPS) is 27.5. The van der Waals surface area contributed by atoms with Gasteiger partial charge < -0.3 is 14.6 Å². The number of aromatic hydroxyl groups is 1. The van der Waals surface area contributed by atoms with Crippen molar-refractivity contribution in [2.75, 3.05) is 26.2 Å². The van der Waals surface area contributed by atoms with Gasteiger partial charge in [0.1, 0.15) is 28.8 Å². The summed E-state index contributed by atoms with van der Waals surface area (Å²) in [5.41, 5.74) is 1.28. The first-order valence-electron chi connectivity index (χ1n) is 16.4. The van der Waals surface area contributed by atoms with E-state index in [1.54, 1.807) is 42.1 Å². The van der Waals surface area contributed by atoms with Crippen molar-refractivity contribution in [1.29, 1.82) is 0 Å². The van der Waals surface area contributed by atoms with Gasteiger partial charge in [-0.05, 0) is 61.8 Å². The van der Waals surface area contributed by atoms with Crippen LogP contribution >= 0.6 is 22.9 Å². The fraction of sp³-hybridized carbons (Fsp3) is 0.378. The Bertz CT molecular complexity index is 2220. The van der Waals surface area contributed by atoms with Crippen molar-refractivity contribution in [3.05, 3.63) is 64.2 Å². The molecular weight excluding hydrogens is 680 g/mol. The molecule has 1 N–H and O–H groups in total. The minimum Gasteiger partial charge on any atom is -0.507 e. The number of amides is 4. The SMILES string of the molecule is COc1cc(O)c([C@H]2C3=CC[C@@H]4C(=O)N(C)C(=O)[C@@H]4[C@@H]3C[C@H]3C(=O)N(c4cc(-c5sc6ccc(Cl)cc6c5C)nn4C)C(=O)[C@@]23C)c(OC)c1. The molecule has 0 bridgehead atoms. The Morgan fingerprint density at radius 1 is 1.00 bits per heavy atom. The first kappa shape index (κ1) is 32.5. The average molecular weight is 715 g/mol. The molecule has 11 nitrogen and oxygen atoms in total. The fourth-order valence-electron chi connectivity index (χ4n) is 9.08. The van der Waals surface area contributed by atoms with Crippen LogP contribution in [0.15, 0.2) is 48.0 Å². The van der Waals surface area contributed by atoms with Crippen molar-refractivity contribution in [1.82, 2.24) is 14.7 Å². The van der Waals surface area contributed by atoms with Gasteiger partial charge in [0.2, 0.25) is 23.6 Å². The number of phenolic OH excluding ortho intramolecular Hbond substituents is 1. The number of phenols is 1. The molecule has 2 aliphatic heterocycles. The molecule has 3 fully saturated rings. The topological polar surface area (TPSA) is 131 Å². The number of allylic oxidation sites excluding steroid dienone is 2. The lowest BCUT2D eigenvalue weighted by atomic mass is 9.51. The second kappa shape index (κ2) is 11.2. The van der Waals surface area contributed by atoms with E-state index in [2.05, 4.69) is 0 Å². The molecule has 1 saturated carbocycles. The van der Waals surface area contributed by atoms with Crippen LogP contribution in [0.25, 0.3) is 20.7 Å². The van der Waals surface area contributed by atoms with E-state index >= 15 is 4.79 Å². The number of hydrogen-bond donors (Lipinski definition) is 1. The highest BCUT2D eigenvalue weighted by atomic mass is 35.5. The van der Waals surface area contributed by atoms with Crippen LogP contribution < -0.4 is 14.4 Å². The standard InChI is InChI=1S/C37H35ClN4O7S/c1-16-21-11-17(38)7-10-27(21)50-32(16)24-15-28(41(4)39-24)42-34(45)23-14-22-19(8-9-20-29(22)35(46)40(3)33(20)44)31(37(23,2)36(42)47)30-25(43)12-18(48-5)13-26(30)49-6/h7-8,10-13,15,20,22-23,29,31,43H,9,14H2,1-6H3/t20-,22+,23-,29-,31+,37+/m0/s1. The molecule has 8 rings (SSSR count). The Morgan fingerprint density at radius 2 is 1.76 bits per heavy atom. The molecule has 4 aromatic rings. The Hall–Kier alpha value is -4.68. The van der Waals surface area contributed by atoms with Gasteiger partial charge in [-0.2, -0.15) is 5.10 Å². The summed E-state index contributed by atoms with van der Waals surface area (Å²) in [6, 6.07) is 10.6. The summed E-state index contributed by atoms with van der Waals surface area (Å²) in [5, 5.41) is 18.0. The van der Waals surface area contributed by atoms with E-state index < -0.39 is 46.8 Å². The molecule has 2 aliphatic carbocycles. The maximum atomic E-state index is 15.1. The van der Waals surface area contributed by atoms with Crippen LogP contribution in [0.3, 0.4) is 0 Å². The Kier molecular flexibility index (Phi) is 7.26. The summed E-state index contributed by atoms with van der Waals surface area (Å²) in [4.78, 5) is 59.9. The smallest absolute Gasteiger partial charge is 0.242 e. The number of hydrogen-bond acceptors (Lipinski definition) is 9. The maximum absolute atomic E-state index is 15.1. The highest BCUT2D eigenvalue weighted by molar-refractivity contribution is 7.22. The number of thiophene rings is 1. The summed E-state index contributed by atoms with van der Waals surface area (Å²) in [5.74, 6) is -4.13. The van der Waals surface area contributed by atoms with Crippen LogP contribution in [-0.4, -0.2) is 64.7 Å². The van der Waals surface area contributed by atoms with Gasteiger partial charge >= 0.3 is 0 Å². The lowest BCUT2D eigenvalue weighted by Gasteiger charge is -2.49. The molecule has 0 spiro atoms. The minimum atomic E-state index is -1.39. The van der Waals surface area contributed by atoms with E-state index in [4.69, 9.17) is 26.2 Å². The number of aromatic nitrogens is 2. The van der Waals surface area contributed by atoms with Crippen LogP contribution in [0.2, 0.25) is 5.02 Å². The zero-order valence-electron chi connectivity index (χ0n) is 28.3. The number of methoxy groups -OCH3 is 2. The van der Waals surface area contributed by atoms with E-state index in [-0.39, 0.29) is 29.7 Å². The molecule has 50 heavy (non-hydrogen) atoms. The van der Waals surface area contributed by atoms with Crippen molar-refractivity contribution in [2.45, 2.75) is 32.6 Å². The average Bonchev–Trinajstić information content (AvgIpc) is 3.75. The lowest BCUT2D eigenvalue weighted by molar-refractivity contribution is -0.138. The summed E-state index contributed by atoms with van der Waals surface area (Å²) < 4.78 is 13.8. The maximum Gasteiger partial charge on any atom is 0.242 e. The van der Waals surface area contributed by atoms with E-state index in [1.807, 2.05) is 31.2 Å². The van der Waals surface area contributed by atoms with Crippen molar-refractivity contribution in [2.24, 2.45) is 36.1 Å². The molecular formula is C37H35ClN4O7S. The molecule has 6 atom stereocenters. The Balaban J connectivity index is 1.29. The number of rotatable bonds is 5. The summed E-state index contributed by atoms with van der Waals surface area (Å²) in [6.45, 7) is 3.76.